The molecule has 0 radical (unpaired) electrons. The molecule has 0 unspecified atom stereocenters. The van der Waals surface area contributed by atoms with Gasteiger partial charge in [0.15, 0.2) is 11.6 Å². The predicted molar refractivity (Wildman–Crippen MR) is 152 cm³/mol. The summed E-state index contributed by atoms with van der Waals surface area (Å²) in [6.45, 7) is 0. The number of halogens is 1. The highest BCUT2D eigenvalue weighted by molar-refractivity contribution is 6.16. The van der Waals surface area contributed by atoms with Crippen LogP contribution in [0, 0.1) is 21.8 Å². The van der Waals surface area contributed by atoms with E-state index in [0.717, 1.165) is 11.1 Å². The number of carbonyl (C=O) groups excluding carboxylic acids is 3. The average Bonchev–Trinajstić information content (AvgIpc) is 3.49. The van der Waals surface area contributed by atoms with Crippen LogP contribution < -0.4 is 5.32 Å². The molecule has 0 aliphatic carbocycles. The molecule has 1 amide bonds. The first kappa shape index (κ1) is 25.5. The molecule has 4 aromatic rings. The van der Waals surface area contributed by atoms with E-state index in [1.54, 1.807) is 35.4 Å². The standard InChI is InChI=1S/C33H22FN3O5/c34-22-13-9-21(10-14-22)30(39)28-27(29(38)20-11-15-23(16-12-20)37(41)42)33(25-7-3-4-8-26(25)35-32(33)40)31-24-6-2-1-5-19(24)17-18-36(28)31/h1-18,27-28,31H,(H,35,40)/t27-,28+,31+,33+/m0/s1. The number of hydrogen-bond donors (Lipinski definition) is 1. The molecule has 1 fully saturated rings. The SMILES string of the molecule is O=C(c1ccc([N+](=O)[O-])cc1)[C@@H]1[C@H](C(=O)c2ccc(F)cc2)N2C=Cc3ccccc3[C@@H]2[C@]12C(=O)Nc1ccccc12. The Morgan fingerprint density at radius 1 is 0.857 bits per heavy atom. The zero-order valence-electron chi connectivity index (χ0n) is 21.9. The molecule has 42 heavy (non-hydrogen) atoms. The van der Waals surface area contributed by atoms with Crippen LogP contribution in [0.15, 0.2) is 103 Å². The number of amides is 1. The molecule has 0 aromatic heterocycles. The Morgan fingerprint density at radius 3 is 2.24 bits per heavy atom. The van der Waals surface area contributed by atoms with Gasteiger partial charge in [-0.15, -0.1) is 0 Å². The lowest BCUT2D eigenvalue weighted by atomic mass is 9.62. The topological polar surface area (TPSA) is 110 Å². The van der Waals surface area contributed by atoms with Gasteiger partial charge in [-0.3, -0.25) is 24.5 Å². The molecule has 8 nitrogen and oxygen atoms in total. The number of benzene rings is 4. The highest BCUT2D eigenvalue weighted by Gasteiger charge is 2.70. The lowest BCUT2D eigenvalue weighted by Gasteiger charge is -2.38. The zero-order valence-corrected chi connectivity index (χ0v) is 21.9. The molecule has 9 heteroatoms. The Morgan fingerprint density at radius 2 is 1.50 bits per heavy atom. The van der Waals surface area contributed by atoms with Crippen LogP contribution in [-0.4, -0.2) is 33.3 Å². The second kappa shape index (κ2) is 9.31. The summed E-state index contributed by atoms with van der Waals surface area (Å²) in [5, 5.41) is 14.3. The third-order valence-electron chi connectivity index (χ3n) is 8.61. The number of carbonyl (C=O) groups is 3. The van der Waals surface area contributed by atoms with Crippen LogP contribution in [0.5, 0.6) is 0 Å². The maximum absolute atomic E-state index is 14.7. The van der Waals surface area contributed by atoms with E-state index in [9.17, 15) is 28.9 Å². The zero-order chi connectivity index (χ0) is 29.2. The predicted octanol–water partition coefficient (Wildman–Crippen LogP) is 5.72. The molecule has 0 bridgehead atoms. The molecule has 1 saturated heterocycles. The van der Waals surface area contributed by atoms with E-state index in [-0.39, 0.29) is 16.8 Å². The fraction of sp³-hybridized carbons (Fsp3) is 0.121. The van der Waals surface area contributed by atoms with E-state index in [1.165, 1.54) is 48.5 Å². The van der Waals surface area contributed by atoms with Gasteiger partial charge in [0, 0.05) is 35.1 Å². The van der Waals surface area contributed by atoms with E-state index in [0.29, 0.717) is 11.3 Å². The lowest BCUT2D eigenvalue weighted by Crippen LogP contribution is -2.49. The molecule has 4 atom stereocenters. The summed E-state index contributed by atoms with van der Waals surface area (Å²) in [6.07, 6.45) is 3.60. The molecule has 0 saturated carbocycles. The first-order valence-electron chi connectivity index (χ1n) is 13.4. The van der Waals surface area contributed by atoms with Crippen LogP contribution in [-0.2, 0) is 10.2 Å². The Labute approximate surface area is 239 Å². The van der Waals surface area contributed by atoms with Gasteiger partial charge >= 0.3 is 0 Å². The number of fused-ring (bicyclic) bond motifs is 6. The average molecular weight is 560 g/mol. The van der Waals surface area contributed by atoms with Crippen molar-refractivity contribution in [3.63, 3.8) is 0 Å². The highest BCUT2D eigenvalue weighted by Crippen LogP contribution is 2.62. The molecule has 3 aliphatic rings. The molecule has 7 rings (SSSR count). The van der Waals surface area contributed by atoms with Crippen molar-refractivity contribution in [1.82, 2.24) is 4.90 Å². The number of hydrogen-bond acceptors (Lipinski definition) is 6. The van der Waals surface area contributed by atoms with Gasteiger partial charge in [-0.1, -0.05) is 42.5 Å². The molecule has 1 spiro atoms. The largest absolute Gasteiger partial charge is 0.358 e. The van der Waals surface area contributed by atoms with E-state index in [2.05, 4.69) is 5.32 Å². The van der Waals surface area contributed by atoms with Crippen molar-refractivity contribution in [2.24, 2.45) is 5.92 Å². The molecule has 4 aromatic carbocycles. The Kier molecular flexibility index (Phi) is 5.65. The summed E-state index contributed by atoms with van der Waals surface area (Å²) >= 11 is 0. The van der Waals surface area contributed by atoms with Crippen LogP contribution in [0.2, 0.25) is 0 Å². The number of ketones is 2. The number of anilines is 1. The van der Waals surface area contributed by atoms with Gasteiger partial charge in [0.25, 0.3) is 5.69 Å². The fourth-order valence-electron chi connectivity index (χ4n) is 6.88. The third kappa shape index (κ3) is 3.49. The molecule has 1 N–H and O–H groups in total. The van der Waals surface area contributed by atoms with Gasteiger partial charge in [0.05, 0.1) is 16.9 Å². The fourth-order valence-corrected chi connectivity index (χ4v) is 6.88. The van der Waals surface area contributed by atoms with Crippen LogP contribution >= 0.6 is 0 Å². The van der Waals surface area contributed by atoms with Gasteiger partial charge in [0.1, 0.15) is 17.3 Å². The number of nitrogens with one attached hydrogen (secondary N) is 1. The summed E-state index contributed by atoms with van der Waals surface area (Å²) in [6, 6.07) is 23.1. The van der Waals surface area contributed by atoms with E-state index < -0.39 is 51.6 Å². The van der Waals surface area contributed by atoms with Crippen molar-refractivity contribution < 1.29 is 23.7 Å². The summed E-state index contributed by atoms with van der Waals surface area (Å²) in [4.78, 5) is 56.0. The minimum Gasteiger partial charge on any atom is -0.358 e. The van der Waals surface area contributed by atoms with Gasteiger partial charge in [-0.2, -0.15) is 0 Å². The number of nitro groups is 1. The molecular weight excluding hydrogens is 537 g/mol. The molecule has 3 heterocycles. The molecular formula is C33H22FN3O5. The normalized spacial score (nSPS) is 23.2. The lowest BCUT2D eigenvalue weighted by molar-refractivity contribution is -0.384. The number of nitro benzene ring substituents is 1. The summed E-state index contributed by atoms with van der Waals surface area (Å²) in [7, 11) is 0. The van der Waals surface area contributed by atoms with Crippen molar-refractivity contribution in [3.8, 4) is 0 Å². The molecule has 206 valence electrons. The van der Waals surface area contributed by atoms with Crippen LogP contribution in [0.4, 0.5) is 15.8 Å². The van der Waals surface area contributed by atoms with Gasteiger partial charge in [-0.25, -0.2) is 4.39 Å². The minimum absolute atomic E-state index is 0.135. The van der Waals surface area contributed by atoms with Crippen molar-refractivity contribution >= 4 is 34.9 Å². The summed E-state index contributed by atoms with van der Waals surface area (Å²) < 4.78 is 13.8. The van der Waals surface area contributed by atoms with Crippen LogP contribution in [0.1, 0.15) is 43.4 Å². The van der Waals surface area contributed by atoms with E-state index >= 15 is 0 Å². The van der Waals surface area contributed by atoms with Crippen molar-refractivity contribution in [2.45, 2.75) is 17.5 Å². The maximum Gasteiger partial charge on any atom is 0.269 e. The van der Waals surface area contributed by atoms with E-state index in [1.807, 2.05) is 30.3 Å². The first-order valence-corrected chi connectivity index (χ1v) is 13.4. The number of para-hydroxylation sites is 1. The van der Waals surface area contributed by atoms with Gasteiger partial charge in [0.2, 0.25) is 5.91 Å². The highest BCUT2D eigenvalue weighted by atomic mass is 19.1. The Balaban J connectivity index is 1.51. The third-order valence-corrected chi connectivity index (χ3v) is 8.61. The van der Waals surface area contributed by atoms with E-state index in [4.69, 9.17) is 0 Å². The Hall–Kier alpha value is -5.44. The second-order valence-electron chi connectivity index (χ2n) is 10.6. The number of Topliss-reactive ketones (excluding diaryl/α,β-unsaturated/α-hetero) is 2. The van der Waals surface area contributed by atoms with Crippen molar-refractivity contribution in [1.29, 1.82) is 0 Å². The smallest absolute Gasteiger partial charge is 0.269 e. The van der Waals surface area contributed by atoms with Gasteiger partial charge in [-0.05, 0) is 65.2 Å². The minimum atomic E-state index is -1.53. The van der Waals surface area contributed by atoms with Crippen molar-refractivity contribution in [3.05, 3.63) is 147 Å². The number of rotatable bonds is 5. The monoisotopic (exact) mass is 559 g/mol. The second-order valence-corrected chi connectivity index (χ2v) is 10.6. The van der Waals surface area contributed by atoms with Crippen LogP contribution in [0.25, 0.3) is 6.08 Å². The summed E-state index contributed by atoms with van der Waals surface area (Å²) in [5.74, 6) is -3.11. The quantitative estimate of drug-likeness (QED) is 0.190. The van der Waals surface area contributed by atoms with Crippen molar-refractivity contribution in [2.75, 3.05) is 5.32 Å². The molecule has 3 aliphatic heterocycles. The van der Waals surface area contributed by atoms with Crippen LogP contribution in [0.3, 0.4) is 0 Å². The van der Waals surface area contributed by atoms with Gasteiger partial charge < -0.3 is 10.2 Å². The number of nitrogens with zero attached hydrogens (tertiary/aromatic N) is 2. The summed E-state index contributed by atoms with van der Waals surface area (Å²) in [5.41, 5.74) is 1.38. The first-order chi connectivity index (χ1) is 20.3. The number of non-ortho nitro benzene ring substituents is 1. The Bertz CT molecular complexity index is 1840. The maximum atomic E-state index is 14.7.